The molecule has 1 fully saturated rings. The topological polar surface area (TPSA) is 16.8 Å². The Morgan fingerprint density at radius 3 is 2.24 bits per heavy atom. The third-order valence-corrected chi connectivity index (χ3v) is 8.03. The van der Waals surface area contributed by atoms with Crippen LogP contribution in [0.3, 0.4) is 0 Å². The van der Waals surface area contributed by atoms with Gasteiger partial charge in [0.25, 0.3) is 0 Å². The number of benzene rings is 2. The summed E-state index contributed by atoms with van der Waals surface area (Å²) in [5.41, 5.74) is 13.7. The quantitative estimate of drug-likeness (QED) is 0.297. The van der Waals surface area contributed by atoms with Gasteiger partial charge >= 0.3 is 0 Å². The smallest absolute Gasteiger partial charge is 0.212 e. The molecule has 0 N–H and O–H groups in total. The summed E-state index contributed by atoms with van der Waals surface area (Å²) in [6.45, 7) is 6.47. The van der Waals surface area contributed by atoms with Gasteiger partial charge in [-0.15, -0.1) is 0 Å². The molecule has 2 aromatic carbocycles. The summed E-state index contributed by atoms with van der Waals surface area (Å²) in [7, 11) is 2.11. The third-order valence-electron chi connectivity index (χ3n) is 8.03. The maximum absolute atomic E-state index is 13.5. The summed E-state index contributed by atoms with van der Waals surface area (Å²) in [4.78, 5) is 5.09. The summed E-state index contributed by atoms with van der Waals surface area (Å²) >= 11 is 0. The average molecular weight is 450 g/mol. The molecule has 4 aromatic rings. The van der Waals surface area contributed by atoms with Crippen LogP contribution in [0.15, 0.2) is 60.8 Å². The highest BCUT2D eigenvalue weighted by atomic mass is 19.1. The number of hydrogen-bond acceptors (Lipinski definition) is 1. The van der Waals surface area contributed by atoms with E-state index in [2.05, 4.69) is 68.9 Å². The molecule has 1 spiro atoms. The zero-order valence-electron chi connectivity index (χ0n) is 20.4. The van der Waals surface area contributed by atoms with Crippen molar-refractivity contribution in [2.75, 3.05) is 0 Å². The first-order valence-electron chi connectivity index (χ1n) is 12.3. The van der Waals surface area contributed by atoms with E-state index in [0.29, 0.717) is 0 Å². The van der Waals surface area contributed by atoms with Crippen LogP contribution in [0.4, 0.5) is 4.39 Å². The highest BCUT2D eigenvalue weighted by Crippen LogP contribution is 2.57. The lowest BCUT2D eigenvalue weighted by atomic mass is 9.78. The van der Waals surface area contributed by atoms with E-state index < -0.39 is 0 Å². The maximum Gasteiger partial charge on any atom is 0.212 e. The van der Waals surface area contributed by atoms with Gasteiger partial charge in [-0.25, -0.2) is 8.96 Å². The van der Waals surface area contributed by atoms with E-state index in [1.807, 2.05) is 12.1 Å². The molecule has 0 atom stereocenters. The molecule has 2 aliphatic rings. The summed E-state index contributed by atoms with van der Waals surface area (Å²) in [6.07, 6.45) is 7.06. The Balaban J connectivity index is 1.52. The van der Waals surface area contributed by atoms with Crippen LogP contribution in [0.5, 0.6) is 0 Å². The number of nitrogens with zero attached hydrogens (tertiary/aromatic N) is 2. The number of hydrogen-bond donors (Lipinski definition) is 0. The van der Waals surface area contributed by atoms with Crippen LogP contribution in [0.2, 0.25) is 0 Å². The van der Waals surface area contributed by atoms with Gasteiger partial charge in [-0.3, -0.25) is 4.98 Å². The number of aryl methyl sites for hydroxylation is 4. The molecule has 0 saturated heterocycles. The molecule has 1 saturated carbocycles. The molecule has 2 aromatic heterocycles. The zero-order chi connectivity index (χ0) is 23.6. The molecule has 170 valence electrons. The fraction of sp³-hybridized carbons (Fsp3) is 0.290. The molecular weight excluding hydrogens is 419 g/mol. The summed E-state index contributed by atoms with van der Waals surface area (Å²) in [5, 5.41) is 0. The zero-order valence-corrected chi connectivity index (χ0v) is 20.4. The molecular formula is C31H30FN2+. The van der Waals surface area contributed by atoms with E-state index in [0.717, 1.165) is 16.8 Å². The second-order valence-corrected chi connectivity index (χ2v) is 10.2. The van der Waals surface area contributed by atoms with Crippen LogP contribution in [0.1, 0.15) is 53.8 Å². The minimum atomic E-state index is -0.206. The first-order valence-corrected chi connectivity index (χ1v) is 12.3. The minimum Gasteiger partial charge on any atom is -0.257 e. The average Bonchev–Trinajstić information content (AvgIpc) is 3.40. The van der Waals surface area contributed by atoms with Crippen molar-refractivity contribution in [1.82, 2.24) is 4.98 Å². The van der Waals surface area contributed by atoms with E-state index in [9.17, 15) is 4.39 Å². The van der Waals surface area contributed by atoms with Crippen molar-refractivity contribution in [3.63, 3.8) is 0 Å². The second kappa shape index (κ2) is 7.59. The highest BCUT2D eigenvalue weighted by molar-refractivity contribution is 5.84. The van der Waals surface area contributed by atoms with Crippen molar-refractivity contribution in [1.29, 1.82) is 0 Å². The summed E-state index contributed by atoms with van der Waals surface area (Å²) in [6, 6.07) is 18.3. The first kappa shape index (κ1) is 21.2. The van der Waals surface area contributed by atoms with Crippen molar-refractivity contribution in [2.45, 2.75) is 51.9 Å². The lowest BCUT2D eigenvalue weighted by Gasteiger charge is -2.26. The number of aromatic nitrogens is 2. The van der Waals surface area contributed by atoms with Gasteiger partial charge in [-0.1, -0.05) is 37.1 Å². The Kier molecular flexibility index (Phi) is 4.74. The molecule has 34 heavy (non-hydrogen) atoms. The Bertz CT molecular complexity index is 1440. The van der Waals surface area contributed by atoms with Gasteiger partial charge in [0.1, 0.15) is 12.9 Å². The van der Waals surface area contributed by atoms with E-state index in [4.69, 9.17) is 4.98 Å². The van der Waals surface area contributed by atoms with Crippen LogP contribution in [-0.4, -0.2) is 4.98 Å². The van der Waals surface area contributed by atoms with E-state index in [1.54, 1.807) is 0 Å². The van der Waals surface area contributed by atoms with E-state index in [1.165, 1.54) is 82.6 Å². The van der Waals surface area contributed by atoms with E-state index in [-0.39, 0.29) is 11.2 Å². The third kappa shape index (κ3) is 3.06. The standard InChI is InChI=1S/C31H30FN2/c1-19-15-26-24-12-7-21(3)33-30(24)31(13-5-6-14-31)28(26)17-25(19)29-16-20(2)27(18-34(29)4)22-8-10-23(32)11-9-22/h7-12,15-18H,5-6,13-14H2,1-4H3/q+1. The molecule has 2 nitrogen and oxygen atoms in total. The molecule has 0 amide bonds. The predicted octanol–water partition coefficient (Wildman–Crippen LogP) is 7.14. The minimum absolute atomic E-state index is 0.0564. The molecule has 2 heterocycles. The van der Waals surface area contributed by atoms with Crippen LogP contribution in [0, 0.1) is 26.6 Å². The summed E-state index contributed by atoms with van der Waals surface area (Å²) < 4.78 is 15.7. The van der Waals surface area contributed by atoms with Gasteiger partial charge in [0.05, 0.1) is 5.69 Å². The fourth-order valence-corrected chi connectivity index (χ4v) is 6.30. The van der Waals surface area contributed by atoms with Gasteiger partial charge in [0, 0.05) is 33.9 Å². The van der Waals surface area contributed by atoms with Gasteiger partial charge in [0.2, 0.25) is 5.69 Å². The Morgan fingerprint density at radius 2 is 1.50 bits per heavy atom. The lowest BCUT2D eigenvalue weighted by molar-refractivity contribution is -0.660. The van der Waals surface area contributed by atoms with Gasteiger partial charge in [-0.2, -0.15) is 0 Å². The van der Waals surface area contributed by atoms with Crippen molar-refractivity contribution in [3.05, 3.63) is 94.7 Å². The Labute approximate surface area is 201 Å². The molecule has 6 rings (SSSR count). The maximum atomic E-state index is 13.5. The van der Waals surface area contributed by atoms with Crippen LogP contribution in [0.25, 0.3) is 33.5 Å². The monoisotopic (exact) mass is 449 g/mol. The number of rotatable bonds is 2. The van der Waals surface area contributed by atoms with E-state index >= 15 is 0 Å². The molecule has 0 aliphatic heterocycles. The van der Waals surface area contributed by atoms with Crippen molar-refractivity contribution in [2.24, 2.45) is 7.05 Å². The number of fused-ring (bicyclic) bond motifs is 5. The fourth-order valence-electron chi connectivity index (χ4n) is 6.30. The summed E-state index contributed by atoms with van der Waals surface area (Å²) in [5.74, 6) is -0.206. The lowest BCUT2D eigenvalue weighted by Crippen LogP contribution is -2.31. The van der Waals surface area contributed by atoms with Crippen molar-refractivity contribution < 1.29 is 8.96 Å². The molecule has 0 radical (unpaired) electrons. The van der Waals surface area contributed by atoms with Gasteiger partial charge in [-0.05, 0) is 85.7 Å². The molecule has 0 bridgehead atoms. The van der Waals surface area contributed by atoms with Crippen LogP contribution < -0.4 is 4.57 Å². The largest absolute Gasteiger partial charge is 0.257 e. The SMILES string of the molecule is Cc1ccc2c(n1)C1(CCCC1)c1cc(-c3cc(C)c(-c4ccc(F)cc4)c[n+]3C)c(C)cc1-2. The Morgan fingerprint density at radius 1 is 0.794 bits per heavy atom. The Hall–Kier alpha value is -3.33. The normalized spacial score (nSPS) is 15.6. The molecule has 3 heteroatoms. The highest BCUT2D eigenvalue weighted by Gasteiger charge is 2.47. The molecule has 0 unspecified atom stereocenters. The van der Waals surface area contributed by atoms with Crippen molar-refractivity contribution in [3.8, 4) is 33.5 Å². The first-order chi connectivity index (χ1) is 16.4. The van der Waals surface area contributed by atoms with Crippen LogP contribution >= 0.6 is 0 Å². The van der Waals surface area contributed by atoms with Crippen molar-refractivity contribution >= 4 is 0 Å². The van der Waals surface area contributed by atoms with Gasteiger partial charge in [0.15, 0.2) is 6.20 Å². The molecule has 2 aliphatic carbocycles. The predicted molar refractivity (Wildman–Crippen MR) is 135 cm³/mol. The van der Waals surface area contributed by atoms with Gasteiger partial charge < -0.3 is 0 Å². The second-order valence-electron chi connectivity index (χ2n) is 10.2. The van der Waals surface area contributed by atoms with Crippen LogP contribution in [-0.2, 0) is 12.5 Å². The number of pyridine rings is 2. The number of halogens is 1.